The van der Waals surface area contributed by atoms with Crippen LogP contribution in [0.1, 0.15) is 0 Å². The SMILES string of the molecule is O=[N+]([O-])c1ccc(O)c(-c2nc(-c3ccccc3)c(-c3ccc(Sc4ccccc4)cc3)[nH]2)c1. The summed E-state index contributed by atoms with van der Waals surface area (Å²) in [7, 11) is 0. The summed E-state index contributed by atoms with van der Waals surface area (Å²) in [5.74, 6) is 0.276. The third kappa shape index (κ3) is 4.42. The van der Waals surface area contributed by atoms with Crippen molar-refractivity contribution in [1.82, 2.24) is 9.97 Å². The van der Waals surface area contributed by atoms with Crippen LogP contribution < -0.4 is 0 Å². The van der Waals surface area contributed by atoms with Crippen LogP contribution in [-0.2, 0) is 0 Å². The van der Waals surface area contributed by atoms with Gasteiger partial charge < -0.3 is 10.1 Å². The molecule has 0 amide bonds. The molecule has 5 aromatic rings. The van der Waals surface area contributed by atoms with Crippen molar-refractivity contribution >= 4 is 17.4 Å². The van der Waals surface area contributed by atoms with E-state index in [-0.39, 0.29) is 17.0 Å². The zero-order chi connectivity index (χ0) is 23.5. The molecule has 4 aromatic carbocycles. The van der Waals surface area contributed by atoms with Gasteiger partial charge in [0.25, 0.3) is 5.69 Å². The molecular weight excluding hydrogens is 446 g/mol. The number of benzene rings is 4. The Bertz CT molecular complexity index is 1450. The van der Waals surface area contributed by atoms with Gasteiger partial charge in [-0.3, -0.25) is 10.1 Å². The van der Waals surface area contributed by atoms with Crippen molar-refractivity contribution in [3.63, 3.8) is 0 Å². The first-order valence-electron chi connectivity index (χ1n) is 10.5. The van der Waals surface area contributed by atoms with Crippen LogP contribution in [-0.4, -0.2) is 20.0 Å². The molecule has 0 aliphatic rings. The topological polar surface area (TPSA) is 92.1 Å². The third-order valence-corrected chi connectivity index (χ3v) is 6.33. The minimum absolute atomic E-state index is 0.0832. The van der Waals surface area contributed by atoms with E-state index in [2.05, 4.69) is 17.1 Å². The second kappa shape index (κ2) is 9.25. The lowest BCUT2D eigenvalue weighted by molar-refractivity contribution is -0.384. The Morgan fingerprint density at radius 1 is 0.794 bits per heavy atom. The number of nitrogens with one attached hydrogen (secondary N) is 1. The molecule has 7 heteroatoms. The van der Waals surface area contributed by atoms with E-state index in [1.54, 1.807) is 11.8 Å². The molecule has 1 heterocycles. The Morgan fingerprint density at radius 2 is 1.44 bits per heavy atom. The molecule has 0 unspecified atom stereocenters. The molecule has 2 N–H and O–H groups in total. The maximum absolute atomic E-state index is 11.3. The van der Waals surface area contributed by atoms with Crippen molar-refractivity contribution < 1.29 is 10.0 Å². The maximum Gasteiger partial charge on any atom is 0.270 e. The minimum atomic E-state index is -0.492. The monoisotopic (exact) mass is 465 g/mol. The lowest BCUT2D eigenvalue weighted by Crippen LogP contribution is -1.90. The molecule has 166 valence electrons. The Labute approximate surface area is 200 Å². The summed E-state index contributed by atoms with van der Waals surface area (Å²) < 4.78 is 0. The fourth-order valence-electron chi connectivity index (χ4n) is 3.66. The third-order valence-electron chi connectivity index (χ3n) is 5.32. The number of aromatic hydroxyl groups is 1. The normalized spacial score (nSPS) is 10.8. The van der Waals surface area contributed by atoms with Gasteiger partial charge in [-0.15, -0.1) is 0 Å². The standard InChI is InChI=1S/C27H19N3O3S/c31-24-16-13-20(30(32)33)17-23(24)27-28-25(18-7-3-1-4-8-18)26(29-27)19-11-14-22(15-12-19)34-21-9-5-2-6-10-21/h1-17,31H,(H,28,29). The van der Waals surface area contributed by atoms with Crippen LogP contribution in [0, 0.1) is 10.1 Å². The number of H-pyrrole nitrogens is 1. The number of nitrogens with zero attached hydrogens (tertiary/aromatic N) is 2. The van der Waals surface area contributed by atoms with Crippen LogP contribution in [0.15, 0.2) is 113 Å². The van der Waals surface area contributed by atoms with E-state index in [0.717, 1.165) is 26.6 Å². The summed E-state index contributed by atoms with van der Waals surface area (Å²) >= 11 is 1.68. The van der Waals surface area contributed by atoms with Crippen LogP contribution in [0.3, 0.4) is 0 Å². The van der Waals surface area contributed by atoms with Crippen LogP contribution in [0.25, 0.3) is 33.9 Å². The van der Waals surface area contributed by atoms with Gasteiger partial charge in [-0.05, 0) is 30.3 Å². The number of phenols is 1. The molecule has 6 nitrogen and oxygen atoms in total. The van der Waals surface area contributed by atoms with Crippen molar-refractivity contribution in [2.75, 3.05) is 0 Å². The number of aromatic nitrogens is 2. The first kappa shape index (κ1) is 21.5. The van der Waals surface area contributed by atoms with E-state index < -0.39 is 4.92 Å². The average molecular weight is 466 g/mol. The van der Waals surface area contributed by atoms with E-state index in [1.807, 2.05) is 72.8 Å². The molecule has 0 radical (unpaired) electrons. The van der Waals surface area contributed by atoms with Gasteiger partial charge in [-0.25, -0.2) is 4.98 Å². The van der Waals surface area contributed by atoms with Crippen molar-refractivity contribution in [2.45, 2.75) is 9.79 Å². The number of imidazole rings is 1. The summed E-state index contributed by atoms with van der Waals surface area (Å²) in [6.07, 6.45) is 0. The van der Waals surface area contributed by atoms with Gasteiger partial charge in [0, 0.05) is 33.1 Å². The van der Waals surface area contributed by atoms with Gasteiger partial charge in [0.1, 0.15) is 11.6 Å². The van der Waals surface area contributed by atoms with Crippen molar-refractivity contribution in [3.8, 4) is 39.7 Å². The van der Waals surface area contributed by atoms with Crippen LogP contribution in [0.4, 0.5) is 5.69 Å². The molecule has 1 aromatic heterocycles. The quantitative estimate of drug-likeness (QED) is 0.205. The Kier molecular flexibility index (Phi) is 5.84. The van der Waals surface area contributed by atoms with E-state index in [1.165, 1.54) is 18.2 Å². The molecular formula is C27H19N3O3S. The second-order valence-electron chi connectivity index (χ2n) is 7.57. The van der Waals surface area contributed by atoms with E-state index in [0.29, 0.717) is 11.5 Å². The van der Waals surface area contributed by atoms with Crippen molar-refractivity contribution in [3.05, 3.63) is 113 Å². The number of nitro benzene ring substituents is 1. The van der Waals surface area contributed by atoms with Gasteiger partial charge >= 0.3 is 0 Å². The summed E-state index contributed by atoms with van der Waals surface area (Å²) in [6.45, 7) is 0. The first-order valence-corrected chi connectivity index (χ1v) is 11.4. The summed E-state index contributed by atoms with van der Waals surface area (Å²) in [6, 6.07) is 31.9. The number of nitro groups is 1. The number of rotatable bonds is 6. The largest absolute Gasteiger partial charge is 0.507 e. The van der Waals surface area contributed by atoms with Crippen LogP contribution in [0.5, 0.6) is 5.75 Å². The maximum atomic E-state index is 11.3. The van der Waals surface area contributed by atoms with Crippen molar-refractivity contribution in [1.29, 1.82) is 0 Å². The lowest BCUT2D eigenvalue weighted by atomic mass is 10.1. The Hall–Kier alpha value is -4.36. The molecule has 0 saturated carbocycles. The average Bonchev–Trinajstić information content (AvgIpc) is 3.31. The minimum Gasteiger partial charge on any atom is -0.507 e. The summed E-state index contributed by atoms with van der Waals surface area (Å²) in [4.78, 5) is 21.1. The fourth-order valence-corrected chi connectivity index (χ4v) is 4.49. The molecule has 34 heavy (non-hydrogen) atoms. The zero-order valence-corrected chi connectivity index (χ0v) is 18.7. The number of hydrogen-bond acceptors (Lipinski definition) is 5. The highest BCUT2D eigenvalue weighted by Gasteiger charge is 2.19. The number of non-ortho nitro benzene ring substituents is 1. The molecule has 0 bridgehead atoms. The van der Waals surface area contributed by atoms with Crippen LogP contribution in [0.2, 0.25) is 0 Å². The van der Waals surface area contributed by atoms with Crippen LogP contribution >= 0.6 is 11.8 Å². The van der Waals surface area contributed by atoms with Crippen molar-refractivity contribution in [2.24, 2.45) is 0 Å². The van der Waals surface area contributed by atoms with E-state index in [9.17, 15) is 15.2 Å². The predicted octanol–water partition coefficient (Wildman–Crippen LogP) is 7.18. The van der Waals surface area contributed by atoms with Gasteiger partial charge in [0.05, 0.1) is 21.9 Å². The lowest BCUT2D eigenvalue weighted by Gasteiger charge is -2.06. The summed E-state index contributed by atoms with van der Waals surface area (Å²) in [5, 5.41) is 21.7. The van der Waals surface area contributed by atoms with E-state index >= 15 is 0 Å². The molecule has 5 rings (SSSR count). The second-order valence-corrected chi connectivity index (χ2v) is 8.72. The van der Waals surface area contributed by atoms with Gasteiger partial charge in [-0.2, -0.15) is 0 Å². The molecule has 0 fully saturated rings. The predicted molar refractivity (Wildman–Crippen MR) is 134 cm³/mol. The smallest absolute Gasteiger partial charge is 0.270 e. The number of hydrogen-bond donors (Lipinski definition) is 2. The molecule has 0 aliphatic heterocycles. The highest BCUT2D eigenvalue weighted by Crippen LogP contribution is 2.38. The molecule has 0 spiro atoms. The van der Waals surface area contributed by atoms with E-state index in [4.69, 9.17) is 4.98 Å². The zero-order valence-electron chi connectivity index (χ0n) is 17.9. The summed E-state index contributed by atoms with van der Waals surface area (Å²) in [5.41, 5.74) is 3.43. The highest BCUT2D eigenvalue weighted by molar-refractivity contribution is 7.99. The highest BCUT2D eigenvalue weighted by atomic mass is 32.2. The van der Waals surface area contributed by atoms with Gasteiger partial charge in [0.15, 0.2) is 0 Å². The van der Waals surface area contributed by atoms with Gasteiger partial charge in [0.2, 0.25) is 0 Å². The van der Waals surface area contributed by atoms with Gasteiger partial charge in [-0.1, -0.05) is 72.4 Å². The fraction of sp³-hybridized carbons (Fsp3) is 0. The molecule has 0 atom stereocenters. The number of aromatic amines is 1. The molecule has 0 aliphatic carbocycles. The number of phenolic OH excluding ortho intramolecular Hbond substituents is 1. The Morgan fingerprint density at radius 3 is 2.12 bits per heavy atom. The first-order chi connectivity index (χ1) is 16.6. The molecule has 0 saturated heterocycles. The Balaban J connectivity index is 1.57.